The summed E-state index contributed by atoms with van der Waals surface area (Å²) in [6, 6.07) is 0. The molecule has 92 valence electrons. The van der Waals surface area contributed by atoms with E-state index in [4.69, 9.17) is 9.84 Å². The molecule has 0 aromatic heterocycles. The summed E-state index contributed by atoms with van der Waals surface area (Å²) in [5, 5.41) is 12.5. The Kier molecular flexibility index (Phi) is 6.41. The second kappa shape index (κ2) is 6.46. The molecule has 0 aromatic carbocycles. The molecule has 3 nitrogen and oxygen atoms in total. The van der Waals surface area contributed by atoms with Gasteiger partial charge in [0.1, 0.15) is 0 Å². The molecule has 0 spiro atoms. The molecule has 0 aliphatic heterocycles. The minimum atomic E-state index is -0.0686. The Bertz CT molecular complexity index is 171. The van der Waals surface area contributed by atoms with Gasteiger partial charge in [0.15, 0.2) is 0 Å². The summed E-state index contributed by atoms with van der Waals surface area (Å²) in [5.41, 5.74) is -0.0144. The molecular formula is C12H27NO2. The second-order valence-electron chi connectivity index (χ2n) is 5.03. The van der Waals surface area contributed by atoms with Crippen LogP contribution in [0.5, 0.6) is 0 Å². The summed E-state index contributed by atoms with van der Waals surface area (Å²) in [6.07, 6.45) is 2.81. The van der Waals surface area contributed by atoms with Crippen molar-refractivity contribution in [2.45, 2.75) is 58.1 Å². The van der Waals surface area contributed by atoms with Gasteiger partial charge < -0.3 is 15.2 Å². The average Bonchev–Trinajstić information content (AvgIpc) is 2.18. The molecular weight excluding hydrogens is 190 g/mol. The molecule has 0 aliphatic carbocycles. The number of aliphatic hydroxyl groups excluding tert-OH is 1. The summed E-state index contributed by atoms with van der Waals surface area (Å²) in [4.78, 5) is 0. The Morgan fingerprint density at radius 3 is 2.20 bits per heavy atom. The maximum atomic E-state index is 8.97. The van der Waals surface area contributed by atoms with Crippen molar-refractivity contribution in [1.29, 1.82) is 0 Å². The molecule has 0 heterocycles. The monoisotopic (exact) mass is 217 g/mol. The third kappa shape index (κ3) is 6.13. The summed E-state index contributed by atoms with van der Waals surface area (Å²) in [5.74, 6) is 0. The van der Waals surface area contributed by atoms with Gasteiger partial charge in [0.05, 0.1) is 5.60 Å². The second-order valence-corrected chi connectivity index (χ2v) is 5.03. The number of methoxy groups -OCH3 is 1. The van der Waals surface area contributed by atoms with Crippen molar-refractivity contribution in [1.82, 2.24) is 5.32 Å². The Morgan fingerprint density at radius 2 is 1.80 bits per heavy atom. The van der Waals surface area contributed by atoms with Crippen LogP contribution in [0.1, 0.15) is 47.0 Å². The first kappa shape index (κ1) is 14.9. The minimum Gasteiger partial charge on any atom is -0.396 e. The molecule has 1 unspecified atom stereocenters. The molecule has 3 heteroatoms. The molecule has 0 aliphatic rings. The van der Waals surface area contributed by atoms with Crippen LogP contribution in [0, 0.1) is 0 Å². The van der Waals surface area contributed by atoms with Crippen molar-refractivity contribution in [3.63, 3.8) is 0 Å². The zero-order valence-electron chi connectivity index (χ0n) is 10.9. The Hall–Kier alpha value is -0.120. The average molecular weight is 217 g/mol. The Balaban J connectivity index is 3.91. The van der Waals surface area contributed by atoms with E-state index in [2.05, 4.69) is 33.0 Å². The fourth-order valence-corrected chi connectivity index (χ4v) is 1.40. The molecule has 0 aromatic rings. The van der Waals surface area contributed by atoms with E-state index >= 15 is 0 Å². The number of hydrogen-bond acceptors (Lipinski definition) is 3. The third-order valence-electron chi connectivity index (χ3n) is 3.28. The van der Waals surface area contributed by atoms with E-state index in [0.717, 1.165) is 25.8 Å². The van der Waals surface area contributed by atoms with Crippen LogP contribution < -0.4 is 5.32 Å². The number of aliphatic hydroxyl groups is 1. The summed E-state index contributed by atoms with van der Waals surface area (Å²) in [7, 11) is 1.74. The van der Waals surface area contributed by atoms with Gasteiger partial charge in [-0.05, 0) is 46.6 Å². The fourth-order valence-electron chi connectivity index (χ4n) is 1.40. The standard InChI is InChI=1S/C12H27NO2/c1-6-12(4,8-10-14)13-9-7-11(2,3)15-5/h13-14H,6-10H2,1-5H3. The van der Waals surface area contributed by atoms with E-state index in [1.807, 2.05) is 0 Å². The van der Waals surface area contributed by atoms with Crippen molar-refractivity contribution >= 4 is 0 Å². The molecule has 0 radical (unpaired) electrons. The van der Waals surface area contributed by atoms with Crippen LogP contribution in [0.2, 0.25) is 0 Å². The largest absolute Gasteiger partial charge is 0.396 e. The highest BCUT2D eigenvalue weighted by Crippen LogP contribution is 2.16. The van der Waals surface area contributed by atoms with Crippen LogP contribution in [-0.2, 0) is 4.74 Å². The minimum absolute atomic E-state index is 0.0541. The van der Waals surface area contributed by atoms with Crippen LogP contribution in [0.3, 0.4) is 0 Å². The molecule has 0 bridgehead atoms. The van der Waals surface area contributed by atoms with Gasteiger partial charge in [-0.1, -0.05) is 6.92 Å². The van der Waals surface area contributed by atoms with Gasteiger partial charge in [0, 0.05) is 19.3 Å². The first-order valence-corrected chi connectivity index (χ1v) is 5.80. The highest BCUT2D eigenvalue weighted by molar-refractivity contribution is 4.82. The quantitative estimate of drug-likeness (QED) is 0.653. The van der Waals surface area contributed by atoms with Gasteiger partial charge in [-0.25, -0.2) is 0 Å². The first-order chi connectivity index (χ1) is 6.89. The van der Waals surface area contributed by atoms with Crippen molar-refractivity contribution < 1.29 is 9.84 Å². The normalized spacial score (nSPS) is 16.4. The van der Waals surface area contributed by atoms with Gasteiger partial charge in [-0.2, -0.15) is 0 Å². The van der Waals surface area contributed by atoms with E-state index in [0.29, 0.717) is 0 Å². The highest BCUT2D eigenvalue weighted by atomic mass is 16.5. The van der Waals surface area contributed by atoms with Gasteiger partial charge >= 0.3 is 0 Å². The lowest BCUT2D eigenvalue weighted by atomic mass is 9.94. The van der Waals surface area contributed by atoms with Crippen LogP contribution in [0.15, 0.2) is 0 Å². The Morgan fingerprint density at radius 1 is 1.20 bits per heavy atom. The lowest BCUT2D eigenvalue weighted by Gasteiger charge is -2.31. The molecule has 0 amide bonds. The predicted octanol–water partition coefficient (Wildman–Crippen LogP) is 1.94. The van der Waals surface area contributed by atoms with Crippen LogP contribution in [-0.4, -0.2) is 36.5 Å². The Labute approximate surface area is 94.2 Å². The van der Waals surface area contributed by atoms with Gasteiger partial charge in [-0.3, -0.25) is 0 Å². The van der Waals surface area contributed by atoms with Gasteiger partial charge in [0.25, 0.3) is 0 Å². The zero-order valence-corrected chi connectivity index (χ0v) is 10.9. The summed E-state index contributed by atoms with van der Waals surface area (Å²) in [6.45, 7) is 9.64. The van der Waals surface area contributed by atoms with E-state index < -0.39 is 0 Å². The molecule has 2 N–H and O–H groups in total. The van der Waals surface area contributed by atoms with E-state index in [9.17, 15) is 0 Å². The number of rotatable bonds is 8. The maximum Gasteiger partial charge on any atom is 0.0634 e. The highest BCUT2D eigenvalue weighted by Gasteiger charge is 2.22. The molecule has 0 saturated carbocycles. The SMILES string of the molecule is CCC(C)(CCO)NCCC(C)(C)OC. The van der Waals surface area contributed by atoms with Gasteiger partial charge in [0.2, 0.25) is 0 Å². The summed E-state index contributed by atoms with van der Waals surface area (Å²) < 4.78 is 5.36. The molecule has 0 saturated heterocycles. The van der Waals surface area contributed by atoms with Gasteiger partial charge in [-0.15, -0.1) is 0 Å². The van der Waals surface area contributed by atoms with Crippen LogP contribution >= 0.6 is 0 Å². The molecule has 0 fully saturated rings. The summed E-state index contributed by atoms with van der Waals surface area (Å²) >= 11 is 0. The van der Waals surface area contributed by atoms with E-state index in [1.165, 1.54) is 0 Å². The van der Waals surface area contributed by atoms with E-state index in [1.54, 1.807) is 7.11 Å². The number of nitrogens with one attached hydrogen (secondary N) is 1. The first-order valence-electron chi connectivity index (χ1n) is 5.80. The number of hydrogen-bond donors (Lipinski definition) is 2. The van der Waals surface area contributed by atoms with Crippen LogP contribution in [0.4, 0.5) is 0 Å². The lowest BCUT2D eigenvalue weighted by molar-refractivity contribution is 0.0140. The lowest BCUT2D eigenvalue weighted by Crippen LogP contribution is -2.44. The van der Waals surface area contributed by atoms with Crippen molar-refractivity contribution in [3.05, 3.63) is 0 Å². The van der Waals surface area contributed by atoms with Crippen molar-refractivity contribution in [2.24, 2.45) is 0 Å². The smallest absolute Gasteiger partial charge is 0.0634 e. The topological polar surface area (TPSA) is 41.5 Å². The fraction of sp³-hybridized carbons (Fsp3) is 1.00. The third-order valence-corrected chi connectivity index (χ3v) is 3.28. The van der Waals surface area contributed by atoms with Crippen LogP contribution in [0.25, 0.3) is 0 Å². The van der Waals surface area contributed by atoms with E-state index in [-0.39, 0.29) is 17.7 Å². The number of ether oxygens (including phenoxy) is 1. The molecule has 1 atom stereocenters. The zero-order chi connectivity index (χ0) is 11.9. The van der Waals surface area contributed by atoms with Crippen molar-refractivity contribution in [3.8, 4) is 0 Å². The van der Waals surface area contributed by atoms with Crippen molar-refractivity contribution in [2.75, 3.05) is 20.3 Å². The molecule has 15 heavy (non-hydrogen) atoms. The molecule has 0 rings (SSSR count). The predicted molar refractivity (Wildman–Crippen MR) is 64.1 cm³/mol. The maximum absolute atomic E-state index is 8.97.